The van der Waals surface area contributed by atoms with Crippen molar-refractivity contribution in [2.24, 2.45) is 11.8 Å². The van der Waals surface area contributed by atoms with E-state index < -0.39 is 0 Å². The van der Waals surface area contributed by atoms with Gasteiger partial charge in [-0.1, -0.05) is 85.1 Å². The van der Waals surface area contributed by atoms with Crippen LogP contribution in [0.4, 0.5) is 0 Å². The summed E-state index contributed by atoms with van der Waals surface area (Å²) in [4.78, 5) is 13.1. The molecule has 0 amide bonds. The zero-order valence-electron chi connectivity index (χ0n) is 27.3. The molecule has 0 spiro atoms. The highest BCUT2D eigenvalue weighted by atomic mass is 32.1. The highest BCUT2D eigenvalue weighted by Crippen LogP contribution is 2.61. The van der Waals surface area contributed by atoms with E-state index in [1.165, 1.54) is 90.6 Å². The van der Waals surface area contributed by atoms with Crippen molar-refractivity contribution in [1.82, 2.24) is 13.7 Å². The van der Waals surface area contributed by atoms with Crippen molar-refractivity contribution < 1.29 is 0 Å². The molecule has 2 unspecified atom stereocenters. The monoisotopic (exact) mass is 701 g/mol. The van der Waals surface area contributed by atoms with Gasteiger partial charge in [0.1, 0.15) is 16.7 Å². The minimum absolute atomic E-state index is 0.127. The molecular formula is C38H43N3S5. The van der Waals surface area contributed by atoms with Gasteiger partial charge in [0.15, 0.2) is 0 Å². The van der Waals surface area contributed by atoms with Crippen LogP contribution in [0.5, 0.6) is 0 Å². The van der Waals surface area contributed by atoms with Crippen LogP contribution in [0.15, 0.2) is 53.4 Å². The fourth-order valence-electron chi connectivity index (χ4n) is 7.60. The molecule has 1 aliphatic carbocycles. The molecule has 0 aromatic carbocycles. The molecule has 1 aliphatic rings. The zero-order chi connectivity index (χ0) is 31.7. The number of hydrogen-bond donors (Lipinski definition) is 0. The first-order valence-electron chi connectivity index (χ1n) is 17.1. The largest absolute Gasteiger partial charge is 0.252 e. The van der Waals surface area contributed by atoms with Gasteiger partial charge in [0, 0.05) is 41.6 Å². The zero-order valence-corrected chi connectivity index (χ0v) is 31.4. The van der Waals surface area contributed by atoms with Crippen LogP contribution in [0, 0.1) is 11.8 Å². The van der Waals surface area contributed by atoms with Crippen molar-refractivity contribution in [3.05, 3.63) is 64.5 Å². The predicted octanol–water partition coefficient (Wildman–Crippen LogP) is 13.8. The van der Waals surface area contributed by atoms with Crippen LogP contribution in [-0.2, 0) is 5.41 Å². The molecule has 0 N–H and O–H groups in total. The number of thiophene rings is 4. The lowest BCUT2D eigenvalue weighted by Gasteiger charge is -2.37. The number of nitrogens with zero attached hydrogens (tertiary/aromatic N) is 3. The Balaban J connectivity index is 1.28. The van der Waals surface area contributed by atoms with Gasteiger partial charge in [0.2, 0.25) is 0 Å². The van der Waals surface area contributed by atoms with Gasteiger partial charge >= 0.3 is 0 Å². The molecule has 8 heteroatoms. The predicted molar refractivity (Wildman–Crippen MR) is 205 cm³/mol. The molecule has 7 rings (SSSR count). The van der Waals surface area contributed by atoms with Crippen molar-refractivity contribution in [3.63, 3.8) is 0 Å². The summed E-state index contributed by atoms with van der Waals surface area (Å²) in [5.41, 5.74) is 7.28. The van der Waals surface area contributed by atoms with E-state index in [4.69, 9.17) is 9.36 Å². The number of aromatic nitrogens is 3. The fraction of sp³-hybridized carbons (Fsp3) is 0.447. The van der Waals surface area contributed by atoms with Gasteiger partial charge in [0.25, 0.3) is 0 Å². The molecule has 0 bridgehead atoms. The van der Waals surface area contributed by atoms with Crippen molar-refractivity contribution in [3.8, 4) is 40.5 Å². The fourth-order valence-corrected chi connectivity index (χ4v) is 12.4. The van der Waals surface area contributed by atoms with Crippen molar-refractivity contribution in [2.75, 3.05) is 0 Å². The summed E-state index contributed by atoms with van der Waals surface area (Å²) < 4.78 is 9.42. The third kappa shape index (κ3) is 5.87. The normalized spacial score (nSPS) is 17.0. The van der Waals surface area contributed by atoms with E-state index in [-0.39, 0.29) is 5.41 Å². The van der Waals surface area contributed by atoms with Crippen molar-refractivity contribution >= 4 is 68.1 Å². The molecule has 2 atom stereocenters. The molecular weight excluding hydrogens is 659 g/mol. The maximum Gasteiger partial charge on any atom is 0.132 e. The molecule has 0 saturated heterocycles. The van der Waals surface area contributed by atoms with Gasteiger partial charge < -0.3 is 0 Å². The molecule has 0 aliphatic heterocycles. The lowest BCUT2D eigenvalue weighted by atomic mass is 9.66. The smallest absolute Gasteiger partial charge is 0.132 e. The summed E-state index contributed by atoms with van der Waals surface area (Å²) in [5, 5.41) is 4.46. The minimum Gasteiger partial charge on any atom is -0.252 e. The third-order valence-corrected chi connectivity index (χ3v) is 15.1. The van der Waals surface area contributed by atoms with E-state index in [1.54, 1.807) is 32.2 Å². The van der Waals surface area contributed by atoms with Crippen LogP contribution in [0.3, 0.4) is 0 Å². The summed E-state index contributed by atoms with van der Waals surface area (Å²) in [6, 6.07) is 13.9. The van der Waals surface area contributed by atoms with Crippen LogP contribution in [0.1, 0.15) is 103 Å². The Hall–Kier alpha value is -2.23. The van der Waals surface area contributed by atoms with E-state index in [1.807, 2.05) is 40.2 Å². The highest BCUT2D eigenvalue weighted by Gasteiger charge is 2.47. The van der Waals surface area contributed by atoms with Gasteiger partial charge in [-0.2, -0.15) is 8.75 Å². The molecule has 6 aromatic rings. The SMILES string of the molecule is CCCCC(CC)CC1(CC(CC)CCCC)c2ccsc2-c2sc(-c3ccc(-c4cnc(-c5cccs5)c5nsnc45)s3)cc21. The van der Waals surface area contributed by atoms with Crippen LogP contribution in [0.2, 0.25) is 0 Å². The first kappa shape index (κ1) is 32.3. The summed E-state index contributed by atoms with van der Waals surface area (Å²) in [7, 11) is 0. The Kier molecular flexibility index (Phi) is 9.90. The maximum atomic E-state index is 4.90. The molecule has 0 saturated carbocycles. The lowest BCUT2D eigenvalue weighted by molar-refractivity contribution is 0.266. The van der Waals surface area contributed by atoms with E-state index in [9.17, 15) is 0 Å². The third-order valence-electron chi connectivity index (χ3n) is 10.2. The summed E-state index contributed by atoms with van der Waals surface area (Å²) in [6.07, 6.45) is 15.0. The number of pyridine rings is 1. The number of hydrogen-bond acceptors (Lipinski definition) is 8. The second-order valence-corrected chi connectivity index (χ2v) is 17.5. The van der Waals surface area contributed by atoms with E-state index in [0.717, 1.165) is 39.0 Å². The molecule has 6 heterocycles. The molecule has 3 nitrogen and oxygen atoms in total. The van der Waals surface area contributed by atoms with Gasteiger partial charge in [0.05, 0.1) is 16.6 Å². The Labute approximate surface area is 294 Å². The standard InChI is InChI=1S/C38H43N3S5/c1-5-9-12-24(7-3)21-38(22-25(8-4)13-10-6-2)27-17-19-43-36(27)37-28(38)20-32(45-37)30-16-15-29(44-30)26-23-39-34(31-14-11-18-42-31)35-33(26)40-46-41-35/h11,14-20,23-25H,5-10,12-13,21-22H2,1-4H3. The first-order chi connectivity index (χ1) is 22.6. The van der Waals surface area contributed by atoms with Crippen molar-refractivity contribution in [2.45, 2.75) is 97.3 Å². The molecule has 0 radical (unpaired) electrons. The molecule has 6 aromatic heterocycles. The second kappa shape index (κ2) is 14.1. The second-order valence-electron chi connectivity index (χ2n) is 13.0. The van der Waals surface area contributed by atoms with E-state index in [0.29, 0.717) is 0 Å². The number of rotatable bonds is 15. The molecule has 240 valence electrons. The molecule has 46 heavy (non-hydrogen) atoms. The van der Waals surface area contributed by atoms with Crippen molar-refractivity contribution in [1.29, 1.82) is 0 Å². The summed E-state index contributed by atoms with van der Waals surface area (Å²) in [5.74, 6) is 1.52. The Morgan fingerprint density at radius 3 is 2.13 bits per heavy atom. The van der Waals surface area contributed by atoms with Crippen LogP contribution < -0.4 is 0 Å². The van der Waals surface area contributed by atoms with E-state index in [2.05, 4.69) is 79.2 Å². The van der Waals surface area contributed by atoms with Crippen LogP contribution >= 0.6 is 57.1 Å². The van der Waals surface area contributed by atoms with Gasteiger partial charge in [-0.15, -0.1) is 45.3 Å². The average molecular weight is 702 g/mol. The minimum atomic E-state index is 0.127. The number of unbranched alkanes of at least 4 members (excludes halogenated alkanes) is 2. The van der Waals surface area contributed by atoms with Crippen LogP contribution in [0.25, 0.3) is 51.6 Å². The Morgan fingerprint density at radius 1 is 0.696 bits per heavy atom. The lowest BCUT2D eigenvalue weighted by Crippen LogP contribution is -2.31. The van der Waals surface area contributed by atoms with Crippen LogP contribution in [-0.4, -0.2) is 13.7 Å². The average Bonchev–Trinajstić information content (AvgIpc) is 3.92. The topological polar surface area (TPSA) is 38.7 Å². The Morgan fingerprint density at radius 2 is 1.43 bits per heavy atom. The summed E-state index contributed by atoms with van der Waals surface area (Å²) >= 11 is 8.85. The maximum absolute atomic E-state index is 4.90. The van der Waals surface area contributed by atoms with Gasteiger partial charge in [-0.3, -0.25) is 4.98 Å². The quantitative estimate of drug-likeness (QED) is 0.107. The van der Waals surface area contributed by atoms with E-state index >= 15 is 0 Å². The van der Waals surface area contributed by atoms with Gasteiger partial charge in [-0.25, -0.2) is 0 Å². The van der Waals surface area contributed by atoms with Gasteiger partial charge in [-0.05, 0) is 76.9 Å². The first-order valence-corrected chi connectivity index (χ1v) is 21.2. The number of fused-ring (bicyclic) bond motifs is 4. The Bertz CT molecular complexity index is 1870. The molecule has 0 fully saturated rings. The summed E-state index contributed by atoms with van der Waals surface area (Å²) in [6.45, 7) is 9.54. The highest BCUT2D eigenvalue weighted by molar-refractivity contribution is 7.27.